The van der Waals surface area contributed by atoms with E-state index in [1.165, 1.54) is 0 Å². The van der Waals surface area contributed by atoms with Crippen LogP contribution in [0.3, 0.4) is 0 Å². The maximum Gasteiger partial charge on any atom is 0.260 e. The van der Waals surface area contributed by atoms with Crippen LogP contribution in [0.15, 0.2) is 72.9 Å². The van der Waals surface area contributed by atoms with Crippen LogP contribution < -0.4 is 15.0 Å². The summed E-state index contributed by atoms with van der Waals surface area (Å²) in [4.78, 5) is 33.1. The summed E-state index contributed by atoms with van der Waals surface area (Å²) < 4.78 is 5.56. The van der Waals surface area contributed by atoms with Crippen LogP contribution in [0.5, 0.6) is 5.75 Å². The number of pyridine rings is 1. The van der Waals surface area contributed by atoms with Crippen LogP contribution >= 0.6 is 11.6 Å². The molecule has 8 heteroatoms. The standard InChI is InChI=1S/C25H25ClN4O3/c26-20-6-9-22(10-7-20)33-18-25(32)30-14-12-29(13-15-30)23-11-8-21(17-27-23)28-24(31)16-19-4-2-1-3-5-19/h1-11,17H,12-16,18H2,(H,28,31). The van der Waals surface area contributed by atoms with Crippen LogP contribution in [0.2, 0.25) is 5.02 Å². The molecule has 1 aromatic heterocycles. The van der Waals surface area contributed by atoms with Crippen molar-refractivity contribution in [3.63, 3.8) is 0 Å². The average molecular weight is 465 g/mol. The summed E-state index contributed by atoms with van der Waals surface area (Å²) in [5.41, 5.74) is 1.62. The van der Waals surface area contributed by atoms with Gasteiger partial charge in [0, 0.05) is 31.2 Å². The van der Waals surface area contributed by atoms with E-state index < -0.39 is 0 Å². The highest BCUT2D eigenvalue weighted by Crippen LogP contribution is 2.18. The van der Waals surface area contributed by atoms with Crippen molar-refractivity contribution in [1.82, 2.24) is 9.88 Å². The summed E-state index contributed by atoms with van der Waals surface area (Å²) in [6.07, 6.45) is 1.98. The lowest BCUT2D eigenvalue weighted by Crippen LogP contribution is -2.50. The quantitative estimate of drug-likeness (QED) is 0.577. The van der Waals surface area contributed by atoms with E-state index in [-0.39, 0.29) is 18.4 Å². The molecular weight excluding hydrogens is 440 g/mol. The number of hydrogen-bond acceptors (Lipinski definition) is 5. The lowest BCUT2D eigenvalue weighted by molar-refractivity contribution is -0.133. The van der Waals surface area contributed by atoms with E-state index in [9.17, 15) is 9.59 Å². The van der Waals surface area contributed by atoms with Gasteiger partial charge in [0.15, 0.2) is 6.61 Å². The molecule has 1 N–H and O–H groups in total. The zero-order valence-corrected chi connectivity index (χ0v) is 18.9. The molecule has 0 atom stereocenters. The molecule has 1 fully saturated rings. The summed E-state index contributed by atoms with van der Waals surface area (Å²) in [5.74, 6) is 1.31. The molecule has 1 aliphatic rings. The van der Waals surface area contributed by atoms with E-state index in [2.05, 4.69) is 15.2 Å². The molecule has 0 aliphatic carbocycles. The number of hydrogen-bond donors (Lipinski definition) is 1. The Bertz CT molecular complexity index is 1070. The van der Waals surface area contributed by atoms with E-state index in [1.807, 2.05) is 42.5 Å². The van der Waals surface area contributed by atoms with Gasteiger partial charge >= 0.3 is 0 Å². The third kappa shape index (κ3) is 6.46. The number of carbonyl (C=O) groups is 2. The molecule has 0 unspecified atom stereocenters. The first-order valence-corrected chi connectivity index (χ1v) is 11.2. The summed E-state index contributed by atoms with van der Waals surface area (Å²) in [5, 5.41) is 3.50. The predicted octanol–water partition coefficient (Wildman–Crippen LogP) is 3.64. The molecule has 0 saturated carbocycles. The Kier molecular flexibility index (Phi) is 7.42. The third-order valence-electron chi connectivity index (χ3n) is 5.37. The van der Waals surface area contributed by atoms with Crippen LogP contribution in [0, 0.1) is 0 Å². The molecule has 7 nitrogen and oxygen atoms in total. The number of carbonyl (C=O) groups excluding carboxylic acids is 2. The Hall–Kier alpha value is -3.58. The average Bonchev–Trinajstić information content (AvgIpc) is 2.85. The molecular formula is C25H25ClN4O3. The van der Waals surface area contributed by atoms with Crippen molar-refractivity contribution in [2.24, 2.45) is 0 Å². The molecule has 33 heavy (non-hydrogen) atoms. The van der Waals surface area contributed by atoms with Gasteiger partial charge in [-0.1, -0.05) is 41.9 Å². The van der Waals surface area contributed by atoms with Gasteiger partial charge in [0.05, 0.1) is 18.3 Å². The van der Waals surface area contributed by atoms with Crippen LogP contribution in [-0.4, -0.2) is 54.5 Å². The SMILES string of the molecule is O=C(Cc1ccccc1)Nc1ccc(N2CCN(C(=O)COc3ccc(Cl)cc3)CC2)nc1. The Morgan fingerprint density at radius 3 is 2.33 bits per heavy atom. The van der Waals surface area contributed by atoms with Gasteiger partial charge < -0.3 is 19.9 Å². The van der Waals surface area contributed by atoms with E-state index >= 15 is 0 Å². The van der Waals surface area contributed by atoms with E-state index in [0.29, 0.717) is 49.1 Å². The lowest BCUT2D eigenvalue weighted by atomic mass is 10.1. The van der Waals surface area contributed by atoms with Crippen LogP contribution in [0.25, 0.3) is 0 Å². The van der Waals surface area contributed by atoms with Crippen molar-refractivity contribution in [3.05, 3.63) is 83.5 Å². The number of aromatic nitrogens is 1. The number of ether oxygens (including phenoxy) is 1. The van der Waals surface area contributed by atoms with Crippen molar-refractivity contribution >= 4 is 34.9 Å². The minimum Gasteiger partial charge on any atom is -0.484 e. The fraction of sp³-hybridized carbons (Fsp3) is 0.240. The first-order valence-electron chi connectivity index (χ1n) is 10.8. The molecule has 2 amide bonds. The van der Waals surface area contributed by atoms with Crippen molar-refractivity contribution in [2.75, 3.05) is 43.0 Å². The van der Waals surface area contributed by atoms with Gasteiger partial charge in [-0.05, 0) is 42.0 Å². The minimum absolute atomic E-state index is 0.00272. The minimum atomic E-state index is -0.0799. The normalized spacial score (nSPS) is 13.5. The van der Waals surface area contributed by atoms with Crippen molar-refractivity contribution in [1.29, 1.82) is 0 Å². The molecule has 3 aromatic rings. The number of amides is 2. The number of anilines is 2. The maximum atomic E-state index is 12.5. The van der Waals surface area contributed by atoms with Gasteiger partial charge in [0.2, 0.25) is 5.91 Å². The number of rotatable bonds is 7. The van der Waals surface area contributed by atoms with Crippen molar-refractivity contribution in [3.8, 4) is 5.75 Å². The zero-order chi connectivity index (χ0) is 23.0. The molecule has 1 saturated heterocycles. The first-order chi connectivity index (χ1) is 16.1. The van der Waals surface area contributed by atoms with Gasteiger partial charge in [-0.3, -0.25) is 9.59 Å². The van der Waals surface area contributed by atoms with Crippen LogP contribution in [-0.2, 0) is 16.0 Å². The van der Waals surface area contributed by atoms with Crippen LogP contribution in [0.4, 0.5) is 11.5 Å². The molecule has 170 valence electrons. The molecule has 2 heterocycles. The highest BCUT2D eigenvalue weighted by atomic mass is 35.5. The summed E-state index contributed by atoms with van der Waals surface area (Å²) in [6.45, 7) is 2.55. The van der Waals surface area contributed by atoms with Crippen molar-refractivity contribution in [2.45, 2.75) is 6.42 Å². The maximum absolute atomic E-state index is 12.5. The Balaban J connectivity index is 1.22. The summed E-state index contributed by atoms with van der Waals surface area (Å²) in [6, 6.07) is 20.3. The molecule has 4 rings (SSSR count). The Morgan fingerprint density at radius 2 is 1.67 bits per heavy atom. The monoisotopic (exact) mass is 464 g/mol. The van der Waals surface area contributed by atoms with Gasteiger partial charge in [-0.15, -0.1) is 0 Å². The van der Waals surface area contributed by atoms with Crippen LogP contribution in [0.1, 0.15) is 5.56 Å². The van der Waals surface area contributed by atoms with E-state index in [4.69, 9.17) is 16.3 Å². The third-order valence-corrected chi connectivity index (χ3v) is 5.62. The Morgan fingerprint density at radius 1 is 0.939 bits per heavy atom. The lowest BCUT2D eigenvalue weighted by Gasteiger charge is -2.35. The van der Waals surface area contributed by atoms with Gasteiger partial charge in [0.25, 0.3) is 5.91 Å². The number of halogens is 1. The summed E-state index contributed by atoms with van der Waals surface area (Å²) >= 11 is 5.86. The fourth-order valence-corrected chi connectivity index (χ4v) is 3.71. The predicted molar refractivity (Wildman–Crippen MR) is 129 cm³/mol. The number of benzene rings is 2. The molecule has 0 radical (unpaired) electrons. The van der Waals surface area contributed by atoms with Gasteiger partial charge in [-0.2, -0.15) is 0 Å². The Labute approximate surface area is 197 Å². The van der Waals surface area contributed by atoms with Crippen molar-refractivity contribution < 1.29 is 14.3 Å². The molecule has 0 spiro atoms. The second-order valence-electron chi connectivity index (χ2n) is 7.73. The molecule has 1 aliphatic heterocycles. The van der Waals surface area contributed by atoms with E-state index in [1.54, 1.807) is 35.4 Å². The second kappa shape index (κ2) is 10.8. The highest BCUT2D eigenvalue weighted by molar-refractivity contribution is 6.30. The number of piperazine rings is 1. The highest BCUT2D eigenvalue weighted by Gasteiger charge is 2.22. The largest absolute Gasteiger partial charge is 0.484 e. The smallest absolute Gasteiger partial charge is 0.260 e. The molecule has 2 aromatic carbocycles. The first kappa shape index (κ1) is 22.6. The van der Waals surface area contributed by atoms with Gasteiger partial charge in [-0.25, -0.2) is 4.98 Å². The zero-order valence-electron chi connectivity index (χ0n) is 18.1. The van der Waals surface area contributed by atoms with Gasteiger partial charge in [0.1, 0.15) is 11.6 Å². The number of nitrogens with one attached hydrogen (secondary N) is 1. The van der Waals surface area contributed by atoms with E-state index in [0.717, 1.165) is 11.4 Å². The topological polar surface area (TPSA) is 74.8 Å². The summed E-state index contributed by atoms with van der Waals surface area (Å²) in [7, 11) is 0. The number of nitrogens with zero attached hydrogens (tertiary/aromatic N) is 3. The molecule has 0 bridgehead atoms. The second-order valence-corrected chi connectivity index (χ2v) is 8.16. The fourth-order valence-electron chi connectivity index (χ4n) is 3.59.